The highest BCUT2D eigenvalue weighted by Crippen LogP contribution is 2.18. The Labute approximate surface area is 132 Å². The van der Waals surface area contributed by atoms with E-state index >= 15 is 0 Å². The monoisotopic (exact) mass is 333 g/mol. The van der Waals surface area contributed by atoms with E-state index in [1.807, 2.05) is 0 Å². The van der Waals surface area contributed by atoms with E-state index in [1.54, 1.807) is 48.7 Å². The predicted octanol–water partition coefficient (Wildman–Crippen LogP) is 3.63. The van der Waals surface area contributed by atoms with Crippen LogP contribution in [0.25, 0.3) is 17.0 Å². The molecule has 3 rings (SSSR count). The van der Waals surface area contributed by atoms with Crippen LogP contribution in [0.4, 0.5) is 5.69 Å². The van der Waals surface area contributed by atoms with Crippen LogP contribution < -0.4 is 4.72 Å². The van der Waals surface area contributed by atoms with Gasteiger partial charge in [0.15, 0.2) is 0 Å². The Morgan fingerprint density at radius 2 is 1.91 bits per heavy atom. The SMILES string of the molecule is O=S(=O)(/C=C/c1ccc(Cl)cc1)Nc1ccc2cn[nH]c2c1. The second kappa shape index (κ2) is 5.82. The molecule has 0 fully saturated rings. The summed E-state index contributed by atoms with van der Waals surface area (Å²) in [5.74, 6) is 0. The van der Waals surface area contributed by atoms with Crippen LogP contribution in [-0.2, 0) is 10.0 Å². The van der Waals surface area contributed by atoms with Crippen molar-refractivity contribution in [3.63, 3.8) is 0 Å². The lowest BCUT2D eigenvalue weighted by atomic mass is 10.2. The molecule has 0 aliphatic heterocycles. The predicted molar refractivity (Wildman–Crippen MR) is 89.1 cm³/mol. The van der Waals surface area contributed by atoms with Crippen molar-refractivity contribution in [2.75, 3.05) is 4.72 Å². The number of benzene rings is 2. The topological polar surface area (TPSA) is 74.8 Å². The van der Waals surface area contributed by atoms with Crippen molar-refractivity contribution in [1.29, 1.82) is 0 Å². The molecule has 0 radical (unpaired) electrons. The van der Waals surface area contributed by atoms with E-state index in [1.165, 1.54) is 6.08 Å². The second-order valence-electron chi connectivity index (χ2n) is 4.67. The number of H-pyrrole nitrogens is 1. The molecule has 2 aromatic carbocycles. The molecular weight excluding hydrogens is 322 g/mol. The first-order chi connectivity index (χ1) is 10.5. The Bertz CT molecular complexity index is 931. The molecule has 0 amide bonds. The van der Waals surface area contributed by atoms with Crippen LogP contribution in [0.15, 0.2) is 54.1 Å². The van der Waals surface area contributed by atoms with Gasteiger partial charge in [-0.2, -0.15) is 5.10 Å². The summed E-state index contributed by atoms with van der Waals surface area (Å²) < 4.78 is 26.6. The number of hydrogen-bond donors (Lipinski definition) is 2. The average molecular weight is 334 g/mol. The highest BCUT2D eigenvalue weighted by molar-refractivity contribution is 7.95. The fourth-order valence-corrected chi connectivity index (χ4v) is 2.93. The number of fused-ring (bicyclic) bond motifs is 1. The first-order valence-corrected chi connectivity index (χ1v) is 8.34. The van der Waals surface area contributed by atoms with E-state index in [-0.39, 0.29) is 0 Å². The van der Waals surface area contributed by atoms with Gasteiger partial charge in [-0.25, -0.2) is 8.42 Å². The Morgan fingerprint density at radius 3 is 2.68 bits per heavy atom. The van der Waals surface area contributed by atoms with Gasteiger partial charge in [0.25, 0.3) is 10.0 Å². The van der Waals surface area contributed by atoms with Crippen molar-refractivity contribution >= 4 is 44.3 Å². The number of halogens is 1. The standard InChI is InChI=1S/C15H12ClN3O2S/c16-13-4-1-11(2-5-13)7-8-22(20,21)19-14-6-3-12-10-17-18-15(12)9-14/h1-10,19H,(H,17,18)/b8-7+. The first kappa shape index (κ1) is 14.6. The Morgan fingerprint density at radius 1 is 1.14 bits per heavy atom. The van der Waals surface area contributed by atoms with Gasteiger partial charge in [-0.05, 0) is 42.0 Å². The van der Waals surface area contributed by atoms with Crippen molar-refractivity contribution in [3.8, 4) is 0 Å². The van der Waals surface area contributed by atoms with Crippen molar-refractivity contribution in [2.45, 2.75) is 0 Å². The van der Waals surface area contributed by atoms with Crippen molar-refractivity contribution in [2.24, 2.45) is 0 Å². The molecule has 2 N–H and O–H groups in total. The summed E-state index contributed by atoms with van der Waals surface area (Å²) in [6.45, 7) is 0. The largest absolute Gasteiger partial charge is 0.280 e. The zero-order valence-electron chi connectivity index (χ0n) is 11.3. The average Bonchev–Trinajstić information content (AvgIpc) is 2.94. The summed E-state index contributed by atoms with van der Waals surface area (Å²) in [5, 5.41) is 9.33. The minimum Gasteiger partial charge on any atom is -0.280 e. The minimum atomic E-state index is -3.59. The lowest BCUT2D eigenvalue weighted by Gasteiger charge is -2.04. The molecule has 3 aromatic rings. The van der Waals surface area contributed by atoms with Gasteiger partial charge in [0.2, 0.25) is 0 Å². The van der Waals surface area contributed by atoms with Crippen molar-refractivity contribution in [1.82, 2.24) is 10.2 Å². The number of nitrogens with zero attached hydrogens (tertiary/aromatic N) is 1. The lowest BCUT2D eigenvalue weighted by molar-refractivity contribution is 0.609. The summed E-state index contributed by atoms with van der Waals surface area (Å²) in [6.07, 6.45) is 3.18. The number of aromatic nitrogens is 2. The summed E-state index contributed by atoms with van der Waals surface area (Å²) >= 11 is 5.78. The molecule has 0 bridgehead atoms. The number of rotatable bonds is 4. The van der Waals surface area contributed by atoms with Gasteiger partial charge in [0, 0.05) is 10.4 Å². The Kier molecular flexibility index (Phi) is 3.87. The van der Waals surface area contributed by atoms with E-state index in [4.69, 9.17) is 11.6 Å². The molecule has 7 heteroatoms. The van der Waals surface area contributed by atoms with Crippen LogP contribution in [0.2, 0.25) is 5.02 Å². The van der Waals surface area contributed by atoms with Gasteiger partial charge < -0.3 is 0 Å². The maximum atomic E-state index is 12.1. The maximum Gasteiger partial charge on any atom is 0.255 e. The zero-order valence-corrected chi connectivity index (χ0v) is 12.9. The second-order valence-corrected chi connectivity index (χ2v) is 6.68. The van der Waals surface area contributed by atoms with E-state index in [9.17, 15) is 8.42 Å². The zero-order chi connectivity index (χ0) is 15.6. The molecule has 0 atom stereocenters. The number of hydrogen-bond acceptors (Lipinski definition) is 3. The molecular formula is C15H12ClN3O2S. The molecule has 1 heterocycles. The lowest BCUT2D eigenvalue weighted by Crippen LogP contribution is -2.08. The van der Waals surface area contributed by atoms with Crippen LogP contribution in [0.1, 0.15) is 5.56 Å². The molecule has 112 valence electrons. The minimum absolute atomic E-state index is 0.470. The van der Waals surface area contributed by atoms with E-state index in [0.717, 1.165) is 21.9 Å². The summed E-state index contributed by atoms with van der Waals surface area (Å²) in [6, 6.07) is 12.1. The molecule has 0 aliphatic rings. The van der Waals surface area contributed by atoms with Crippen molar-refractivity contribution < 1.29 is 8.42 Å². The van der Waals surface area contributed by atoms with Crippen LogP contribution >= 0.6 is 11.6 Å². The molecule has 1 aromatic heterocycles. The van der Waals surface area contributed by atoms with Crippen molar-refractivity contribution in [3.05, 3.63) is 64.7 Å². The quantitative estimate of drug-likeness (QED) is 0.765. The maximum absolute atomic E-state index is 12.1. The third-order valence-corrected chi connectivity index (χ3v) is 4.28. The number of sulfonamides is 1. The molecule has 0 saturated heterocycles. The number of anilines is 1. The van der Waals surface area contributed by atoms with Crippen LogP contribution in [0.5, 0.6) is 0 Å². The van der Waals surface area contributed by atoms with Gasteiger partial charge in [0.1, 0.15) is 0 Å². The smallest absolute Gasteiger partial charge is 0.255 e. The fraction of sp³-hybridized carbons (Fsp3) is 0. The van der Waals surface area contributed by atoms with Gasteiger partial charge in [-0.3, -0.25) is 9.82 Å². The van der Waals surface area contributed by atoms with Crippen LogP contribution in [0, 0.1) is 0 Å². The summed E-state index contributed by atoms with van der Waals surface area (Å²) in [5.41, 5.74) is 1.98. The Hall–Kier alpha value is -2.31. The fourth-order valence-electron chi connectivity index (χ4n) is 1.94. The summed E-state index contributed by atoms with van der Waals surface area (Å²) in [4.78, 5) is 0. The molecule has 22 heavy (non-hydrogen) atoms. The molecule has 5 nitrogen and oxygen atoms in total. The highest BCUT2D eigenvalue weighted by Gasteiger charge is 2.06. The molecule has 0 aliphatic carbocycles. The van der Waals surface area contributed by atoms with Gasteiger partial charge in [0.05, 0.1) is 22.8 Å². The number of nitrogens with one attached hydrogen (secondary N) is 2. The van der Waals surface area contributed by atoms with Crippen LogP contribution in [0.3, 0.4) is 0 Å². The molecule has 0 spiro atoms. The normalized spacial score (nSPS) is 12.0. The molecule has 0 saturated carbocycles. The van der Waals surface area contributed by atoms with E-state index < -0.39 is 10.0 Å². The third-order valence-electron chi connectivity index (χ3n) is 3.01. The first-order valence-electron chi connectivity index (χ1n) is 6.41. The third kappa shape index (κ3) is 3.47. The van der Waals surface area contributed by atoms with Crippen LogP contribution in [-0.4, -0.2) is 18.6 Å². The van der Waals surface area contributed by atoms with Gasteiger partial charge in [-0.1, -0.05) is 23.7 Å². The summed E-state index contributed by atoms with van der Waals surface area (Å²) in [7, 11) is -3.59. The molecule has 0 unspecified atom stereocenters. The Balaban J connectivity index is 1.79. The van der Waals surface area contributed by atoms with Gasteiger partial charge in [-0.15, -0.1) is 0 Å². The highest BCUT2D eigenvalue weighted by atomic mass is 35.5. The number of aromatic amines is 1. The van der Waals surface area contributed by atoms with E-state index in [2.05, 4.69) is 14.9 Å². The van der Waals surface area contributed by atoms with E-state index in [0.29, 0.717) is 10.7 Å². The van der Waals surface area contributed by atoms with Gasteiger partial charge >= 0.3 is 0 Å².